The first-order valence-corrected chi connectivity index (χ1v) is 12.9. The topological polar surface area (TPSA) is 84.7 Å². The van der Waals surface area contributed by atoms with Crippen molar-refractivity contribution in [2.45, 2.75) is 29.6 Å². The molecule has 8 nitrogen and oxygen atoms in total. The van der Waals surface area contributed by atoms with Crippen LogP contribution in [-0.4, -0.2) is 75.6 Å². The maximum atomic E-state index is 13.3. The second kappa shape index (κ2) is 10.5. The van der Waals surface area contributed by atoms with E-state index >= 15 is 0 Å². The van der Waals surface area contributed by atoms with Crippen LogP contribution in [0.3, 0.4) is 0 Å². The van der Waals surface area contributed by atoms with Crippen LogP contribution in [0.5, 0.6) is 0 Å². The lowest BCUT2D eigenvalue weighted by Gasteiger charge is -2.34. The van der Waals surface area contributed by atoms with Crippen LogP contribution < -0.4 is 5.56 Å². The van der Waals surface area contributed by atoms with Gasteiger partial charge in [-0.2, -0.15) is 13.2 Å². The SMILES string of the molecule is CCOC(=O)N1CCN(C(=O)CSc2nc3c(c(=O)n2-c2cccc(C(F)(F)F)c2)SCC3)CC1. The molecule has 2 amide bonds. The average molecular weight is 529 g/mol. The number of alkyl halides is 3. The number of fused-ring (bicyclic) bond motifs is 1. The average Bonchev–Trinajstić information content (AvgIpc) is 3.31. The number of carbonyl (C=O) groups excluding carboxylic acids is 2. The van der Waals surface area contributed by atoms with Gasteiger partial charge in [-0.1, -0.05) is 17.8 Å². The third-order valence-corrected chi connectivity index (χ3v) is 7.61. The number of ether oxygens (including phenoxy) is 1. The highest BCUT2D eigenvalue weighted by Crippen LogP contribution is 2.33. The molecule has 1 aromatic heterocycles. The minimum atomic E-state index is -4.56. The molecule has 0 unspecified atom stereocenters. The van der Waals surface area contributed by atoms with E-state index in [9.17, 15) is 27.6 Å². The van der Waals surface area contributed by atoms with Crippen LogP contribution in [0.1, 0.15) is 18.2 Å². The van der Waals surface area contributed by atoms with Crippen LogP contribution in [0.15, 0.2) is 39.1 Å². The first kappa shape index (κ1) is 25.4. The molecule has 2 aliphatic heterocycles. The van der Waals surface area contributed by atoms with E-state index in [0.29, 0.717) is 48.9 Å². The summed E-state index contributed by atoms with van der Waals surface area (Å²) >= 11 is 2.35. The van der Waals surface area contributed by atoms with Crippen molar-refractivity contribution >= 4 is 35.5 Å². The molecule has 0 saturated carbocycles. The first-order chi connectivity index (χ1) is 16.7. The Hall–Kier alpha value is -2.67. The minimum absolute atomic E-state index is 0.0449. The van der Waals surface area contributed by atoms with Gasteiger partial charge in [-0.3, -0.25) is 14.2 Å². The summed E-state index contributed by atoms with van der Waals surface area (Å²) in [6, 6.07) is 4.52. The molecule has 3 heterocycles. The Morgan fingerprint density at radius 1 is 1.17 bits per heavy atom. The molecule has 13 heteroatoms. The van der Waals surface area contributed by atoms with E-state index in [-0.39, 0.29) is 29.1 Å². The van der Waals surface area contributed by atoms with Gasteiger partial charge in [0.1, 0.15) is 0 Å². The van der Waals surface area contributed by atoms with Crippen molar-refractivity contribution in [3.63, 3.8) is 0 Å². The molecular formula is C22H23F3N4O4S2. The number of amides is 2. The highest BCUT2D eigenvalue weighted by Gasteiger charge is 2.31. The Labute approximate surface area is 207 Å². The fourth-order valence-electron chi connectivity index (χ4n) is 3.81. The molecule has 0 bridgehead atoms. The number of nitrogens with zero attached hydrogens (tertiary/aromatic N) is 4. The monoisotopic (exact) mass is 528 g/mol. The number of piperazine rings is 1. The van der Waals surface area contributed by atoms with Crippen molar-refractivity contribution in [3.05, 3.63) is 45.9 Å². The van der Waals surface area contributed by atoms with Gasteiger partial charge in [0.05, 0.1) is 34.2 Å². The summed E-state index contributed by atoms with van der Waals surface area (Å²) in [7, 11) is 0. The van der Waals surface area contributed by atoms with Gasteiger partial charge in [0, 0.05) is 38.4 Å². The molecule has 4 rings (SSSR count). The fourth-order valence-corrected chi connectivity index (χ4v) is 5.76. The predicted molar refractivity (Wildman–Crippen MR) is 125 cm³/mol. The summed E-state index contributed by atoms with van der Waals surface area (Å²) < 4.78 is 46.0. The van der Waals surface area contributed by atoms with Crippen molar-refractivity contribution < 1.29 is 27.5 Å². The summed E-state index contributed by atoms with van der Waals surface area (Å²) in [4.78, 5) is 46.0. The third-order valence-electron chi connectivity index (χ3n) is 5.58. The number of carbonyl (C=O) groups is 2. The predicted octanol–water partition coefficient (Wildman–Crippen LogP) is 3.29. The Bertz CT molecular complexity index is 1180. The highest BCUT2D eigenvalue weighted by molar-refractivity contribution is 8.00. The normalized spacial score (nSPS) is 15.8. The molecule has 0 spiro atoms. The lowest BCUT2D eigenvalue weighted by molar-refractivity contribution is -0.137. The number of rotatable bonds is 5. The molecule has 0 aliphatic carbocycles. The van der Waals surface area contributed by atoms with Crippen LogP contribution in [0, 0.1) is 0 Å². The van der Waals surface area contributed by atoms with Gasteiger partial charge >= 0.3 is 12.3 Å². The molecule has 1 fully saturated rings. The standard InChI is InChI=1S/C22H23F3N4O4S2/c1-2-33-21(32)28-9-7-27(8-10-28)17(30)13-35-20-26-16-6-11-34-18(16)19(31)29(20)15-5-3-4-14(12-15)22(23,24)25/h3-5,12H,2,6-11,13H2,1H3. The Kier molecular flexibility index (Phi) is 7.64. The van der Waals surface area contributed by atoms with E-state index in [1.54, 1.807) is 11.8 Å². The van der Waals surface area contributed by atoms with Gasteiger partial charge in [0.15, 0.2) is 5.16 Å². The van der Waals surface area contributed by atoms with Gasteiger partial charge in [-0.25, -0.2) is 9.78 Å². The van der Waals surface area contributed by atoms with E-state index in [2.05, 4.69) is 4.98 Å². The van der Waals surface area contributed by atoms with E-state index in [0.717, 1.165) is 28.5 Å². The zero-order valence-electron chi connectivity index (χ0n) is 18.8. The minimum Gasteiger partial charge on any atom is -0.450 e. The molecular weight excluding hydrogens is 505 g/mol. The fraction of sp³-hybridized carbons (Fsp3) is 0.455. The molecule has 1 aromatic carbocycles. The first-order valence-electron chi connectivity index (χ1n) is 11.0. The molecule has 0 radical (unpaired) electrons. The second-order valence-electron chi connectivity index (χ2n) is 7.81. The zero-order chi connectivity index (χ0) is 25.2. The molecule has 2 aliphatic rings. The third kappa shape index (κ3) is 5.61. The maximum absolute atomic E-state index is 13.3. The quantitative estimate of drug-likeness (QED) is 0.435. The van der Waals surface area contributed by atoms with Crippen LogP contribution in [-0.2, 0) is 22.1 Å². The van der Waals surface area contributed by atoms with E-state index < -0.39 is 23.4 Å². The highest BCUT2D eigenvalue weighted by atomic mass is 32.2. The number of hydrogen-bond acceptors (Lipinski definition) is 7. The van der Waals surface area contributed by atoms with E-state index in [4.69, 9.17) is 4.74 Å². The zero-order valence-corrected chi connectivity index (χ0v) is 20.5. The molecule has 1 saturated heterocycles. The number of halogens is 3. The van der Waals surface area contributed by atoms with Crippen molar-refractivity contribution in [1.82, 2.24) is 19.4 Å². The number of thioether (sulfide) groups is 2. The van der Waals surface area contributed by atoms with E-state index in [1.165, 1.54) is 28.8 Å². The van der Waals surface area contributed by atoms with Crippen molar-refractivity contribution in [3.8, 4) is 5.69 Å². The van der Waals surface area contributed by atoms with Crippen LogP contribution in [0.25, 0.3) is 5.69 Å². The Balaban J connectivity index is 1.54. The lowest BCUT2D eigenvalue weighted by atomic mass is 10.2. The van der Waals surface area contributed by atoms with Crippen LogP contribution in [0.4, 0.5) is 18.0 Å². The largest absolute Gasteiger partial charge is 0.450 e. The van der Waals surface area contributed by atoms with Gasteiger partial charge in [-0.15, -0.1) is 11.8 Å². The summed E-state index contributed by atoms with van der Waals surface area (Å²) in [5.41, 5.74) is -0.664. The molecule has 0 atom stereocenters. The van der Waals surface area contributed by atoms with Gasteiger partial charge in [0.2, 0.25) is 5.91 Å². The molecule has 188 valence electrons. The van der Waals surface area contributed by atoms with Gasteiger partial charge in [-0.05, 0) is 25.1 Å². The number of benzene rings is 1. The maximum Gasteiger partial charge on any atom is 0.416 e. The number of hydrogen-bond donors (Lipinski definition) is 0. The van der Waals surface area contributed by atoms with Crippen molar-refractivity contribution in [2.75, 3.05) is 44.3 Å². The van der Waals surface area contributed by atoms with Gasteiger partial charge < -0.3 is 14.5 Å². The molecule has 2 aromatic rings. The van der Waals surface area contributed by atoms with Crippen molar-refractivity contribution in [2.24, 2.45) is 0 Å². The lowest BCUT2D eigenvalue weighted by Crippen LogP contribution is -2.51. The van der Waals surface area contributed by atoms with Gasteiger partial charge in [0.25, 0.3) is 5.56 Å². The summed E-state index contributed by atoms with van der Waals surface area (Å²) in [5.74, 6) is 0.410. The van der Waals surface area contributed by atoms with Crippen molar-refractivity contribution in [1.29, 1.82) is 0 Å². The smallest absolute Gasteiger partial charge is 0.416 e. The Morgan fingerprint density at radius 3 is 2.57 bits per heavy atom. The molecule has 0 N–H and O–H groups in total. The van der Waals surface area contributed by atoms with E-state index in [1.807, 2.05) is 0 Å². The number of aromatic nitrogens is 2. The summed E-state index contributed by atoms with van der Waals surface area (Å²) in [5, 5.41) is 0.175. The summed E-state index contributed by atoms with van der Waals surface area (Å²) in [6.07, 6.45) is -4.40. The second-order valence-corrected chi connectivity index (χ2v) is 9.86. The van der Waals surface area contributed by atoms with Crippen LogP contribution in [0.2, 0.25) is 0 Å². The Morgan fingerprint density at radius 2 is 1.89 bits per heavy atom. The van der Waals surface area contributed by atoms with Crippen LogP contribution >= 0.6 is 23.5 Å². The molecule has 35 heavy (non-hydrogen) atoms. The number of aryl methyl sites for hydroxylation is 1. The summed E-state index contributed by atoms with van der Waals surface area (Å²) in [6.45, 7) is 3.37.